The number of carbonyl (C=O) groups excluding carboxylic acids is 1. The number of nitrogens with zero attached hydrogens (tertiary/aromatic N) is 2. The summed E-state index contributed by atoms with van der Waals surface area (Å²) in [6, 6.07) is 7.69. The molecule has 5 nitrogen and oxygen atoms in total. The Balaban J connectivity index is 0.00000338. The number of piperidine rings is 1. The summed E-state index contributed by atoms with van der Waals surface area (Å²) in [6.45, 7) is 7.50. The molecule has 0 aliphatic carbocycles. The van der Waals surface area contributed by atoms with Gasteiger partial charge in [0.2, 0.25) is 0 Å². The minimum absolute atomic E-state index is 0. The molecule has 1 unspecified atom stereocenters. The van der Waals surface area contributed by atoms with Gasteiger partial charge in [-0.1, -0.05) is 32.4 Å². The van der Waals surface area contributed by atoms with Crippen LogP contribution in [0, 0.1) is 5.41 Å². The standard InChI is InChI=1S/C20H32N4O.HI/c1-5-11-20(2)12-6-13-24(15-20)19(22-4)23-14-16-7-9-17(10-8-16)18(25)21-3;/h7-10H,5-6,11-15H2,1-4H3,(H,21,25)(H,22,23);1H. The summed E-state index contributed by atoms with van der Waals surface area (Å²) in [6.07, 6.45) is 5.02. The number of guanidine groups is 1. The molecular weight excluding hydrogens is 439 g/mol. The number of hydrogen-bond acceptors (Lipinski definition) is 2. The van der Waals surface area contributed by atoms with Crippen molar-refractivity contribution < 1.29 is 4.79 Å². The van der Waals surface area contributed by atoms with E-state index in [0.29, 0.717) is 17.5 Å². The van der Waals surface area contributed by atoms with Crippen molar-refractivity contribution in [2.24, 2.45) is 10.4 Å². The second-order valence-corrected chi connectivity index (χ2v) is 7.26. The van der Waals surface area contributed by atoms with Gasteiger partial charge in [-0.2, -0.15) is 0 Å². The van der Waals surface area contributed by atoms with Crippen LogP contribution in [0.5, 0.6) is 0 Å². The normalized spacial score (nSPS) is 20.3. The first-order valence-corrected chi connectivity index (χ1v) is 9.28. The molecule has 146 valence electrons. The molecule has 0 saturated carbocycles. The summed E-state index contributed by atoms with van der Waals surface area (Å²) in [4.78, 5) is 18.5. The van der Waals surface area contributed by atoms with Crippen molar-refractivity contribution in [1.29, 1.82) is 0 Å². The van der Waals surface area contributed by atoms with Crippen molar-refractivity contribution in [3.8, 4) is 0 Å². The maximum Gasteiger partial charge on any atom is 0.251 e. The third-order valence-corrected chi connectivity index (χ3v) is 5.04. The molecule has 1 saturated heterocycles. The summed E-state index contributed by atoms with van der Waals surface area (Å²) in [5.41, 5.74) is 2.21. The fourth-order valence-corrected chi connectivity index (χ4v) is 3.74. The lowest BCUT2D eigenvalue weighted by molar-refractivity contribution is 0.0963. The number of hydrogen-bond donors (Lipinski definition) is 2. The van der Waals surface area contributed by atoms with Crippen molar-refractivity contribution in [1.82, 2.24) is 15.5 Å². The Morgan fingerprint density at radius 2 is 2.00 bits per heavy atom. The van der Waals surface area contributed by atoms with Crippen LogP contribution in [0.25, 0.3) is 0 Å². The highest BCUT2D eigenvalue weighted by molar-refractivity contribution is 14.0. The summed E-state index contributed by atoms with van der Waals surface area (Å²) in [5, 5.41) is 6.11. The molecule has 1 atom stereocenters. The maximum atomic E-state index is 11.6. The van der Waals surface area contributed by atoms with E-state index in [1.165, 1.54) is 25.7 Å². The third-order valence-electron chi connectivity index (χ3n) is 5.04. The van der Waals surface area contributed by atoms with Crippen LogP contribution >= 0.6 is 24.0 Å². The SMILES string of the molecule is CCCC1(C)CCCN(C(=NC)NCc2ccc(C(=O)NC)cc2)C1.I. The van der Waals surface area contributed by atoms with Crippen molar-refractivity contribution in [3.05, 3.63) is 35.4 Å². The van der Waals surface area contributed by atoms with Gasteiger partial charge in [-0.05, 0) is 42.4 Å². The van der Waals surface area contributed by atoms with Gasteiger partial charge in [-0.25, -0.2) is 0 Å². The van der Waals surface area contributed by atoms with Crippen LogP contribution in [0.2, 0.25) is 0 Å². The van der Waals surface area contributed by atoms with E-state index in [0.717, 1.165) is 24.6 Å². The minimum Gasteiger partial charge on any atom is -0.355 e. The molecule has 0 radical (unpaired) electrons. The average molecular weight is 472 g/mol. The zero-order chi connectivity index (χ0) is 18.3. The Hall–Kier alpha value is -1.31. The summed E-state index contributed by atoms with van der Waals surface area (Å²) >= 11 is 0. The van der Waals surface area contributed by atoms with Gasteiger partial charge in [0.1, 0.15) is 0 Å². The average Bonchev–Trinajstić information content (AvgIpc) is 2.62. The Labute approximate surface area is 175 Å². The molecule has 0 bridgehead atoms. The lowest BCUT2D eigenvalue weighted by Gasteiger charge is -2.42. The number of rotatable bonds is 5. The number of likely N-dealkylation sites (tertiary alicyclic amines) is 1. The van der Waals surface area contributed by atoms with Crippen molar-refractivity contribution in [2.75, 3.05) is 27.2 Å². The Morgan fingerprint density at radius 1 is 1.31 bits per heavy atom. The predicted octanol–water partition coefficient (Wildman–Crippen LogP) is 3.64. The van der Waals surface area contributed by atoms with Crippen molar-refractivity contribution in [3.63, 3.8) is 0 Å². The number of nitrogens with one attached hydrogen (secondary N) is 2. The van der Waals surface area contributed by atoms with Crippen LogP contribution in [0.1, 0.15) is 55.5 Å². The van der Waals surface area contributed by atoms with E-state index in [1.54, 1.807) is 7.05 Å². The van der Waals surface area contributed by atoms with E-state index in [9.17, 15) is 4.79 Å². The molecular formula is C20H33IN4O. The van der Waals surface area contributed by atoms with Gasteiger partial charge in [-0.3, -0.25) is 9.79 Å². The van der Waals surface area contributed by atoms with Gasteiger partial charge in [0.05, 0.1) is 0 Å². The Bertz CT molecular complexity index is 598. The molecule has 1 aromatic carbocycles. The molecule has 6 heteroatoms. The third kappa shape index (κ3) is 6.14. The number of carbonyl (C=O) groups is 1. The zero-order valence-corrected chi connectivity index (χ0v) is 18.8. The quantitative estimate of drug-likeness (QED) is 0.391. The van der Waals surface area contributed by atoms with Gasteiger partial charge in [0.25, 0.3) is 5.91 Å². The van der Waals surface area contributed by atoms with Crippen LogP contribution in [0.4, 0.5) is 0 Å². The molecule has 1 fully saturated rings. The first-order valence-electron chi connectivity index (χ1n) is 9.28. The van der Waals surface area contributed by atoms with Gasteiger partial charge < -0.3 is 15.5 Å². The predicted molar refractivity (Wildman–Crippen MR) is 119 cm³/mol. The van der Waals surface area contributed by atoms with Gasteiger partial charge in [-0.15, -0.1) is 24.0 Å². The van der Waals surface area contributed by atoms with Crippen LogP contribution < -0.4 is 10.6 Å². The highest BCUT2D eigenvalue weighted by Crippen LogP contribution is 2.33. The largest absolute Gasteiger partial charge is 0.355 e. The highest BCUT2D eigenvalue weighted by Gasteiger charge is 2.31. The molecule has 1 amide bonds. The van der Waals surface area contributed by atoms with E-state index in [-0.39, 0.29) is 29.9 Å². The number of halogens is 1. The Morgan fingerprint density at radius 3 is 2.58 bits per heavy atom. The van der Waals surface area contributed by atoms with Gasteiger partial charge >= 0.3 is 0 Å². The van der Waals surface area contributed by atoms with E-state index >= 15 is 0 Å². The summed E-state index contributed by atoms with van der Waals surface area (Å²) < 4.78 is 0. The second-order valence-electron chi connectivity index (χ2n) is 7.26. The fourth-order valence-electron chi connectivity index (χ4n) is 3.74. The summed E-state index contributed by atoms with van der Waals surface area (Å²) in [7, 11) is 3.50. The Kier molecular flexibility index (Phi) is 9.39. The van der Waals surface area contributed by atoms with Crippen molar-refractivity contribution in [2.45, 2.75) is 46.1 Å². The molecule has 26 heavy (non-hydrogen) atoms. The molecule has 2 rings (SSSR count). The molecule has 1 aliphatic rings. The van der Waals surface area contributed by atoms with Crippen molar-refractivity contribution >= 4 is 35.8 Å². The number of amides is 1. The number of benzene rings is 1. The minimum atomic E-state index is -0.0566. The lowest BCUT2D eigenvalue weighted by Crippen LogP contribution is -2.49. The molecule has 0 aromatic heterocycles. The van der Waals surface area contributed by atoms with Crippen LogP contribution in [0.15, 0.2) is 29.3 Å². The van der Waals surface area contributed by atoms with E-state index in [4.69, 9.17) is 0 Å². The molecule has 0 spiro atoms. The maximum absolute atomic E-state index is 11.6. The van der Waals surface area contributed by atoms with Crippen LogP contribution in [-0.4, -0.2) is 44.0 Å². The van der Waals surface area contributed by atoms with Crippen LogP contribution in [-0.2, 0) is 6.54 Å². The lowest BCUT2D eigenvalue weighted by atomic mass is 9.78. The first kappa shape index (κ1) is 22.7. The highest BCUT2D eigenvalue weighted by atomic mass is 127. The monoisotopic (exact) mass is 472 g/mol. The van der Waals surface area contributed by atoms with E-state index in [2.05, 4.69) is 34.4 Å². The van der Waals surface area contributed by atoms with E-state index < -0.39 is 0 Å². The molecule has 1 aliphatic heterocycles. The zero-order valence-electron chi connectivity index (χ0n) is 16.5. The second kappa shape index (κ2) is 10.7. The molecule has 1 heterocycles. The molecule has 1 aromatic rings. The summed E-state index contributed by atoms with van der Waals surface area (Å²) in [5.74, 6) is 0.913. The first-order chi connectivity index (χ1) is 12.0. The van der Waals surface area contributed by atoms with Gasteiger partial charge in [0, 0.05) is 39.3 Å². The molecule has 2 N–H and O–H groups in total. The van der Waals surface area contributed by atoms with Crippen LogP contribution in [0.3, 0.4) is 0 Å². The van der Waals surface area contributed by atoms with Gasteiger partial charge in [0.15, 0.2) is 5.96 Å². The topological polar surface area (TPSA) is 56.7 Å². The number of aliphatic imine (C=N–C) groups is 1. The fraction of sp³-hybridized carbons (Fsp3) is 0.600. The smallest absolute Gasteiger partial charge is 0.251 e. The van der Waals surface area contributed by atoms with E-state index in [1.807, 2.05) is 31.3 Å².